The summed E-state index contributed by atoms with van der Waals surface area (Å²) >= 11 is 0. The molecule has 1 aliphatic heterocycles. The van der Waals surface area contributed by atoms with E-state index < -0.39 is 17.4 Å². The van der Waals surface area contributed by atoms with E-state index in [-0.39, 0.29) is 42.5 Å². The molecule has 9 nitrogen and oxygen atoms in total. The molecule has 4 rings (SSSR count). The van der Waals surface area contributed by atoms with Gasteiger partial charge in [0.2, 0.25) is 5.91 Å². The molecule has 3 heterocycles. The fraction of sp³-hybridized carbons (Fsp3) is 0.423. The molecule has 0 unspecified atom stereocenters. The monoisotopic (exact) mass is 495 g/mol. The van der Waals surface area contributed by atoms with Gasteiger partial charge in [-0.25, -0.2) is 13.9 Å². The van der Waals surface area contributed by atoms with Crippen molar-refractivity contribution in [2.24, 2.45) is 0 Å². The minimum atomic E-state index is -1.18. The second kappa shape index (κ2) is 9.00. The van der Waals surface area contributed by atoms with Gasteiger partial charge < -0.3 is 14.5 Å². The van der Waals surface area contributed by atoms with Gasteiger partial charge in [0.15, 0.2) is 5.65 Å². The normalized spacial score (nSPS) is 15.9. The number of aromatic nitrogens is 3. The Morgan fingerprint density at radius 1 is 1.14 bits per heavy atom. The zero-order chi connectivity index (χ0) is 26.4. The predicted octanol–water partition coefficient (Wildman–Crippen LogP) is 3.07. The molecule has 1 fully saturated rings. The van der Waals surface area contributed by atoms with Crippen molar-refractivity contribution >= 4 is 23.4 Å². The lowest BCUT2D eigenvalue weighted by Crippen LogP contribution is -2.65. The summed E-state index contributed by atoms with van der Waals surface area (Å²) in [6.07, 6.45) is 1.56. The topological polar surface area (TPSA) is 97.1 Å². The van der Waals surface area contributed by atoms with Crippen LogP contribution in [0.2, 0.25) is 0 Å². The highest BCUT2D eigenvalue weighted by Crippen LogP contribution is 2.31. The second-order valence-corrected chi connectivity index (χ2v) is 10.4. The molecule has 2 amide bonds. The third kappa shape index (κ3) is 4.55. The van der Waals surface area contributed by atoms with Crippen molar-refractivity contribution in [2.75, 3.05) is 26.7 Å². The fourth-order valence-electron chi connectivity index (χ4n) is 4.36. The number of imidazole rings is 1. The van der Waals surface area contributed by atoms with E-state index in [9.17, 15) is 18.8 Å². The molecule has 0 N–H and O–H groups in total. The first kappa shape index (κ1) is 25.3. The number of nitrogens with zero attached hydrogens (tertiary/aromatic N) is 5. The highest BCUT2D eigenvalue weighted by atomic mass is 19.1. The van der Waals surface area contributed by atoms with Gasteiger partial charge in [0.25, 0.3) is 5.91 Å². The maximum Gasteiger partial charge on any atom is 0.325 e. The van der Waals surface area contributed by atoms with Crippen molar-refractivity contribution in [2.45, 2.75) is 45.6 Å². The summed E-state index contributed by atoms with van der Waals surface area (Å²) in [5.74, 6) is -1.60. The van der Waals surface area contributed by atoms with Crippen LogP contribution in [0.3, 0.4) is 0 Å². The third-order valence-electron chi connectivity index (χ3n) is 6.46. The Morgan fingerprint density at radius 2 is 1.81 bits per heavy atom. The molecule has 36 heavy (non-hydrogen) atoms. The molecule has 1 aliphatic rings. The molecule has 0 bridgehead atoms. The van der Waals surface area contributed by atoms with Gasteiger partial charge in [0, 0.05) is 24.2 Å². The largest absolute Gasteiger partial charge is 0.468 e. The smallest absolute Gasteiger partial charge is 0.325 e. The van der Waals surface area contributed by atoms with Crippen molar-refractivity contribution in [3.63, 3.8) is 0 Å². The van der Waals surface area contributed by atoms with Crippen LogP contribution in [-0.4, -0.2) is 74.5 Å². The number of rotatable bonds is 4. The Balaban J connectivity index is 1.72. The van der Waals surface area contributed by atoms with E-state index in [0.29, 0.717) is 11.3 Å². The van der Waals surface area contributed by atoms with Crippen LogP contribution in [0.5, 0.6) is 0 Å². The van der Waals surface area contributed by atoms with Crippen molar-refractivity contribution in [1.82, 2.24) is 24.4 Å². The van der Waals surface area contributed by atoms with Crippen molar-refractivity contribution in [1.29, 1.82) is 0 Å². The highest BCUT2D eigenvalue weighted by molar-refractivity contribution is 5.99. The van der Waals surface area contributed by atoms with Gasteiger partial charge in [0.1, 0.15) is 23.6 Å². The molecule has 0 radical (unpaired) electrons. The first-order chi connectivity index (χ1) is 16.8. The van der Waals surface area contributed by atoms with Gasteiger partial charge in [-0.2, -0.15) is 5.10 Å². The summed E-state index contributed by atoms with van der Waals surface area (Å²) in [5.41, 5.74) is 1.42. The van der Waals surface area contributed by atoms with Crippen LogP contribution < -0.4 is 0 Å². The summed E-state index contributed by atoms with van der Waals surface area (Å²) in [7, 11) is 1.27. The maximum absolute atomic E-state index is 13.6. The molecule has 0 saturated carbocycles. The van der Waals surface area contributed by atoms with Crippen molar-refractivity contribution < 1.29 is 23.5 Å². The van der Waals surface area contributed by atoms with Crippen LogP contribution in [0.15, 0.2) is 36.5 Å². The quantitative estimate of drug-likeness (QED) is 0.516. The number of carbonyl (C=O) groups excluding carboxylic acids is 3. The summed E-state index contributed by atoms with van der Waals surface area (Å²) < 4.78 is 19.7. The minimum absolute atomic E-state index is 0.159. The van der Waals surface area contributed by atoms with Gasteiger partial charge in [-0.1, -0.05) is 20.8 Å². The fourth-order valence-corrected chi connectivity index (χ4v) is 4.36. The number of hydrogen-bond donors (Lipinski definition) is 0. The molecule has 1 saturated heterocycles. The molecule has 0 spiro atoms. The standard InChI is InChI=1S/C26H30FN5O4/c1-25(2,3)18-13-19(16-7-9-17(27)10-8-16)29-32-14-20(28-22(18)32)23(34)31-12-11-30(15-21(33)36-6)24(35)26(31,4)5/h7-10,13-14H,11-12,15H2,1-6H3. The van der Waals surface area contributed by atoms with Gasteiger partial charge in [-0.05, 0) is 49.6 Å². The van der Waals surface area contributed by atoms with Crippen LogP contribution in [0.25, 0.3) is 16.9 Å². The predicted molar refractivity (Wildman–Crippen MR) is 131 cm³/mol. The van der Waals surface area contributed by atoms with Crippen molar-refractivity contribution in [3.05, 3.63) is 53.6 Å². The summed E-state index contributed by atoms with van der Waals surface area (Å²) in [6.45, 7) is 9.69. The third-order valence-corrected chi connectivity index (χ3v) is 6.46. The van der Waals surface area contributed by atoms with Gasteiger partial charge in [-0.3, -0.25) is 14.4 Å². The minimum Gasteiger partial charge on any atom is -0.468 e. The maximum atomic E-state index is 13.6. The lowest BCUT2D eigenvalue weighted by atomic mass is 9.87. The summed E-state index contributed by atoms with van der Waals surface area (Å²) in [5, 5.41) is 4.64. The summed E-state index contributed by atoms with van der Waals surface area (Å²) in [6, 6.07) is 7.96. The molecular weight excluding hydrogens is 465 g/mol. The Morgan fingerprint density at radius 3 is 2.42 bits per heavy atom. The van der Waals surface area contributed by atoms with Crippen LogP contribution in [0.4, 0.5) is 4.39 Å². The van der Waals surface area contributed by atoms with Crippen LogP contribution in [0, 0.1) is 5.82 Å². The average molecular weight is 496 g/mol. The number of hydrogen-bond acceptors (Lipinski definition) is 6. The van der Waals surface area contributed by atoms with Crippen LogP contribution in [0.1, 0.15) is 50.7 Å². The molecule has 0 aliphatic carbocycles. The van der Waals surface area contributed by atoms with Crippen molar-refractivity contribution in [3.8, 4) is 11.3 Å². The second-order valence-electron chi connectivity index (χ2n) is 10.4. The first-order valence-corrected chi connectivity index (χ1v) is 11.7. The van der Waals surface area contributed by atoms with Gasteiger partial charge in [0.05, 0.1) is 19.0 Å². The number of carbonyl (C=O) groups is 3. The van der Waals surface area contributed by atoms with E-state index in [2.05, 4.69) is 14.8 Å². The number of methoxy groups -OCH3 is 1. The Kier molecular flexibility index (Phi) is 6.32. The number of amides is 2. The van der Waals surface area contributed by atoms with E-state index in [1.807, 2.05) is 26.8 Å². The SMILES string of the molecule is COC(=O)CN1CCN(C(=O)c2cn3nc(-c4ccc(F)cc4)cc(C(C)(C)C)c3n2)C(C)(C)C1=O. The zero-order valence-electron chi connectivity index (χ0n) is 21.3. The molecular formula is C26H30FN5O4. The number of piperazine rings is 1. The molecule has 2 aromatic heterocycles. The number of fused-ring (bicyclic) bond motifs is 1. The number of ether oxygens (including phenoxy) is 1. The molecule has 10 heteroatoms. The lowest BCUT2D eigenvalue weighted by molar-refractivity contribution is -0.154. The Hall–Kier alpha value is -3.82. The Bertz CT molecular complexity index is 1340. The van der Waals surface area contributed by atoms with Gasteiger partial charge in [-0.15, -0.1) is 0 Å². The van der Waals surface area contributed by atoms with E-state index >= 15 is 0 Å². The number of esters is 1. The van der Waals surface area contributed by atoms with E-state index in [0.717, 1.165) is 11.1 Å². The Labute approximate surface area is 208 Å². The first-order valence-electron chi connectivity index (χ1n) is 11.7. The average Bonchev–Trinajstić information content (AvgIpc) is 3.25. The lowest BCUT2D eigenvalue weighted by Gasteiger charge is -2.45. The highest BCUT2D eigenvalue weighted by Gasteiger charge is 2.45. The zero-order valence-corrected chi connectivity index (χ0v) is 21.3. The molecule has 0 atom stereocenters. The number of benzene rings is 1. The van der Waals surface area contributed by atoms with E-state index in [4.69, 9.17) is 0 Å². The van der Waals surface area contributed by atoms with Crippen LogP contribution in [-0.2, 0) is 19.7 Å². The van der Waals surface area contributed by atoms with Crippen LogP contribution >= 0.6 is 0 Å². The molecule has 190 valence electrons. The van der Waals surface area contributed by atoms with Gasteiger partial charge >= 0.3 is 5.97 Å². The van der Waals surface area contributed by atoms with E-state index in [1.165, 1.54) is 29.0 Å². The van der Waals surface area contributed by atoms with E-state index in [1.54, 1.807) is 36.7 Å². The molecule has 3 aromatic rings. The number of halogens is 1. The molecule has 1 aromatic carbocycles. The summed E-state index contributed by atoms with van der Waals surface area (Å²) in [4.78, 5) is 45.9.